The van der Waals surface area contributed by atoms with Crippen molar-refractivity contribution >= 4 is 45.5 Å². The van der Waals surface area contributed by atoms with Crippen molar-refractivity contribution in [3.05, 3.63) is 51.7 Å². The number of carbonyl (C=O) groups excluding carboxylic acids is 1. The van der Waals surface area contributed by atoms with Crippen LogP contribution in [0.4, 0.5) is 5.13 Å². The first-order chi connectivity index (χ1) is 11.1. The van der Waals surface area contributed by atoms with Crippen LogP contribution in [0.5, 0.6) is 5.75 Å². The number of thioether (sulfide) groups is 1. The monoisotopic (exact) mass is 363 g/mol. The zero-order chi connectivity index (χ0) is 16.2. The van der Waals surface area contributed by atoms with Gasteiger partial charge >= 0.3 is 0 Å². The first-order valence-corrected chi connectivity index (χ1v) is 9.39. The number of aromatic nitrogens is 2. The molecule has 0 spiro atoms. The molecule has 0 saturated heterocycles. The van der Waals surface area contributed by atoms with Crippen LogP contribution in [0.3, 0.4) is 0 Å². The van der Waals surface area contributed by atoms with Gasteiger partial charge in [0, 0.05) is 10.6 Å². The van der Waals surface area contributed by atoms with Gasteiger partial charge in [0.15, 0.2) is 4.34 Å². The van der Waals surface area contributed by atoms with Crippen molar-refractivity contribution in [3.63, 3.8) is 0 Å². The van der Waals surface area contributed by atoms with E-state index < -0.39 is 5.91 Å². The molecule has 118 valence electrons. The van der Waals surface area contributed by atoms with Crippen LogP contribution in [0.25, 0.3) is 0 Å². The molecule has 0 radical (unpaired) electrons. The Bertz CT molecular complexity index is 815. The molecule has 2 aromatic heterocycles. The zero-order valence-electron chi connectivity index (χ0n) is 12.1. The van der Waals surface area contributed by atoms with E-state index in [0.717, 1.165) is 15.7 Å². The second kappa shape index (κ2) is 7.12. The first-order valence-electron chi connectivity index (χ1n) is 6.71. The van der Waals surface area contributed by atoms with Crippen LogP contribution in [0.2, 0.25) is 0 Å². The summed E-state index contributed by atoms with van der Waals surface area (Å²) < 4.78 is 0.793. The highest BCUT2D eigenvalue weighted by atomic mass is 32.2. The maximum absolute atomic E-state index is 12.2. The topological polar surface area (TPSA) is 75.1 Å². The summed E-state index contributed by atoms with van der Waals surface area (Å²) in [6.45, 7) is 1.85. The van der Waals surface area contributed by atoms with Crippen molar-refractivity contribution in [1.82, 2.24) is 10.2 Å². The van der Waals surface area contributed by atoms with E-state index in [1.165, 1.54) is 16.2 Å². The number of hydrogen-bond acceptors (Lipinski definition) is 7. The van der Waals surface area contributed by atoms with Crippen LogP contribution < -0.4 is 5.32 Å². The predicted octanol–water partition coefficient (Wildman–Crippen LogP) is 4.16. The van der Waals surface area contributed by atoms with Gasteiger partial charge < -0.3 is 5.11 Å². The second-order valence-corrected chi connectivity index (χ2v) is 7.95. The fourth-order valence-corrected chi connectivity index (χ4v) is 4.36. The molecule has 2 N–H and O–H groups in total. The van der Waals surface area contributed by atoms with Crippen LogP contribution in [-0.2, 0) is 5.75 Å². The average molecular weight is 363 g/mol. The molecule has 0 bridgehead atoms. The minimum Gasteiger partial charge on any atom is -0.507 e. The first kappa shape index (κ1) is 16.0. The van der Waals surface area contributed by atoms with Gasteiger partial charge in [0.2, 0.25) is 5.13 Å². The Morgan fingerprint density at radius 2 is 2.22 bits per heavy atom. The molecule has 0 atom stereocenters. The number of carbonyl (C=O) groups is 1. The van der Waals surface area contributed by atoms with E-state index in [-0.39, 0.29) is 11.3 Å². The van der Waals surface area contributed by atoms with Gasteiger partial charge in [-0.05, 0) is 36.1 Å². The fourth-order valence-electron chi connectivity index (χ4n) is 1.84. The van der Waals surface area contributed by atoms with E-state index in [1.54, 1.807) is 41.3 Å². The molecule has 0 fully saturated rings. The smallest absolute Gasteiger partial charge is 0.261 e. The maximum atomic E-state index is 12.2. The summed E-state index contributed by atoms with van der Waals surface area (Å²) in [5.74, 6) is 0.395. The lowest BCUT2D eigenvalue weighted by Crippen LogP contribution is -2.11. The van der Waals surface area contributed by atoms with E-state index in [9.17, 15) is 9.90 Å². The minimum atomic E-state index is -0.395. The van der Waals surface area contributed by atoms with Crippen LogP contribution in [-0.4, -0.2) is 21.2 Å². The van der Waals surface area contributed by atoms with Crippen LogP contribution >= 0.6 is 34.4 Å². The summed E-state index contributed by atoms with van der Waals surface area (Å²) in [6, 6.07) is 9.00. The fraction of sp³-hybridized carbons (Fsp3) is 0.133. The lowest BCUT2D eigenvalue weighted by Gasteiger charge is -2.04. The number of aryl methyl sites for hydroxylation is 1. The molecular formula is C15H13N3O2S3. The van der Waals surface area contributed by atoms with Gasteiger partial charge in [0.1, 0.15) is 5.75 Å². The molecule has 3 aromatic rings. The third-order valence-corrected chi connectivity index (χ3v) is 6.02. The molecule has 0 aliphatic rings. The molecule has 1 aromatic carbocycles. The Labute approximate surface area is 145 Å². The SMILES string of the molecule is Cc1ccc(C(=O)Nc2nnc(SCc3cccs3)s2)c(O)c1. The van der Waals surface area contributed by atoms with Gasteiger partial charge in [-0.15, -0.1) is 21.5 Å². The standard InChI is InChI=1S/C15H13N3O2S3/c1-9-4-5-11(12(19)7-9)13(20)16-14-17-18-15(23-14)22-8-10-3-2-6-21-10/h2-7,19H,8H2,1H3,(H,16,17,20). The highest BCUT2D eigenvalue weighted by molar-refractivity contribution is 8.00. The Hall–Kier alpha value is -1.90. The lowest BCUT2D eigenvalue weighted by molar-refractivity contribution is 0.102. The van der Waals surface area contributed by atoms with Crippen molar-refractivity contribution in [1.29, 1.82) is 0 Å². The molecule has 23 heavy (non-hydrogen) atoms. The normalized spacial score (nSPS) is 10.7. The van der Waals surface area contributed by atoms with Crippen molar-refractivity contribution < 1.29 is 9.90 Å². The number of aromatic hydroxyl groups is 1. The molecular weight excluding hydrogens is 350 g/mol. The summed E-state index contributed by atoms with van der Waals surface area (Å²) in [6.07, 6.45) is 0. The van der Waals surface area contributed by atoms with E-state index in [0.29, 0.717) is 5.13 Å². The number of hydrogen-bond donors (Lipinski definition) is 2. The minimum absolute atomic E-state index is 0.0423. The molecule has 3 rings (SSSR count). The number of phenols is 1. The van der Waals surface area contributed by atoms with Crippen molar-refractivity contribution in [2.75, 3.05) is 5.32 Å². The predicted molar refractivity (Wildman–Crippen MR) is 94.6 cm³/mol. The number of nitrogens with one attached hydrogen (secondary N) is 1. The maximum Gasteiger partial charge on any atom is 0.261 e. The quantitative estimate of drug-likeness (QED) is 0.526. The largest absolute Gasteiger partial charge is 0.507 e. The highest BCUT2D eigenvalue weighted by Crippen LogP contribution is 2.30. The van der Waals surface area contributed by atoms with E-state index in [2.05, 4.69) is 21.6 Å². The van der Waals surface area contributed by atoms with E-state index in [1.807, 2.05) is 18.4 Å². The summed E-state index contributed by atoms with van der Waals surface area (Å²) in [7, 11) is 0. The third-order valence-electron chi connectivity index (χ3n) is 2.94. The zero-order valence-corrected chi connectivity index (χ0v) is 14.6. The van der Waals surface area contributed by atoms with Gasteiger partial charge in [0.25, 0.3) is 5.91 Å². The van der Waals surface area contributed by atoms with Gasteiger partial charge in [0.05, 0.1) is 5.56 Å². The summed E-state index contributed by atoms with van der Waals surface area (Å²) in [5, 5.41) is 23.0. The van der Waals surface area contributed by atoms with Gasteiger partial charge in [-0.3, -0.25) is 10.1 Å². The molecule has 0 saturated carbocycles. The van der Waals surface area contributed by atoms with Crippen molar-refractivity contribution in [2.45, 2.75) is 17.0 Å². The van der Waals surface area contributed by atoms with Crippen molar-refractivity contribution in [3.8, 4) is 5.75 Å². The molecule has 0 aliphatic heterocycles. The molecule has 2 heterocycles. The molecule has 0 aliphatic carbocycles. The molecule has 0 unspecified atom stereocenters. The van der Waals surface area contributed by atoms with Crippen molar-refractivity contribution in [2.24, 2.45) is 0 Å². The number of amides is 1. The molecule has 1 amide bonds. The second-order valence-electron chi connectivity index (χ2n) is 4.72. The summed E-state index contributed by atoms with van der Waals surface area (Å²) in [5.41, 5.74) is 1.11. The lowest BCUT2D eigenvalue weighted by atomic mass is 10.1. The van der Waals surface area contributed by atoms with Gasteiger partial charge in [-0.1, -0.05) is 35.2 Å². The summed E-state index contributed by atoms with van der Waals surface area (Å²) in [4.78, 5) is 13.4. The summed E-state index contributed by atoms with van der Waals surface area (Å²) >= 11 is 4.60. The Kier molecular flexibility index (Phi) is 4.94. The van der Waals surface area contributed by atoms with Gasteiger partial charge in [-0.25, -0.2) is 0 Å². The van der Waals surface area contributed by atoms with Crippen LogP contribution in [0.15, 0.2) is 40.1 Å². The third kappa shape index (κ3) is 4.10. The van der Waals surface area contributed by atoms with Crippen LogP contribution in [0, 0.1) is 6.92 Å². The highest BCUT2D eigenvalue weighted by Gasteiger charge is 2.14. The van der Waals surface area contributed by atoms with E-state index >= 15 is 0 Å². The molecule has 8 heteroatoms. The Balaban J connectivity index is 1.63. The number of anilines is 1. The Morgan fingerprint density at radius 1 is 1.35 bits per heavy atom. The van der Waals surface area contributed by atoms with E-state index in [4.69, 9.17) is 0 Å². The number of benzene rings is 1. The van der Waals surface area contributed by atoms with Crippen LogP contribution in [0.1, 0.15) is 20.8 Å². The average Bonchev–Trinajstić information content (AvgIpc) is 3.16. The number of thiophene rings is 1. The number of rotatable bonds is 5. The molecule has 5 nitrogen and oxygen atoms in total. The number of nitrogens with zero attached hydrogens (tertiary/aromatic N) is 2. The Morgan fingerprint density at radius 3 is 2.96 bits per heavy atom. The van der Waals surface area contributed by atoms with Gasteiger partial charge in [-0.2, -0.15) is 0 Å². The number of phenolic OH excluding ortho intramolecular Hbond substituents is 1.